The number of amides is 6. The van der Waals surface area contributed by atoms with Crippen LogP contribution < -0.4 is 10.6 Å². The molecule has 8 rings (SSSR count). The van der Waals surface area contributed by atoms with Crippen molar-refractivity contribution in [2.45, 2.75) is 77.8 Å². The molecule has 1 unspecified atom stereocenters. The lowest BCUT2D eigenvalue weighted by Gasteiger charge is -2.29. The number of aromatic nitrogens is 4. The fraction of sp³-hybridized carbons (Fsp3) is 0.396. The fourth-order valence-corrected chi connectivity index (χ4v) is 9.26. The second kappa shape index (κ2) is 19.3. The number of methoxy groups -OCH3 is 2. The molecule has 66 heavy (non-hydrogen) atoms. The SMILES string of the molecule is COC(=O)NC(C(=O)N1CCC[C@H]1c1nc(-c2ccc(-c3ccc(-c4c[nH]c([C@@H]5CN(C(=O)N6Cc7cccc(Cl)c7C6)CN5C(=O)[C@@H](NC(=O)OC)C(C)C)n4)cc3)cc2)c[nH]1)C(C)C. The Hall–Kier alpha value is -6.88. The molecule has 0 saturated carbocycles. The Kier molecular flexibility index (Phi) is 13.4. The Morgan fingerprint density at radius 3 is 1.71 bits per heavy atom. The van der Waals surface area contributed by atoms with E-state index < -0.39 is 30.3 Å². The van der Waals surface area contributed by atoms with Crippen molar-refractivity contribution in [3.63, 3.8) is 0 Å². The van der Waals surface area contributed by atoms with Gasteiger partial charge in [-0.05, 0) is 53.0 Å². The van der Waals surface area contributed by atoms with Gasteiger partial charge in [0.1, 0.15) is 29.8 Å². The maximum Gasteiger partial charge on any atom is 0.407 e. The van der Waals surface area contributed by atoms with Crippen molar-refractivity contribution in [3.8, 4) is 33.6 Å². The summed E-state index contributed by atoms with van der Waals surface area (Å²) in [5, 5.41) is 5.98. The van der Waals surface area contributed by atoms with Gasteiger partial charge in [0.15, 0.2) is 0 Å². The van der Waals surface area contributed by atoms with Crippen molar-refractivity contribution in [1.29, 1.82) is 0 Å². The lowest BCUT2D eigenvalue weighted by atomic mass is 10.0. The van der Waals surface area contributed by atoms with Gasteiger partial charge in [0, 0.05) is 48.2 Å². The third kappa shape index (κ3) is 9.29. The van der Waals surface area contributed by atoms with Crippen molar-refractivity contribution >= 4 is 41.6 Å². The van der Waals surface area contributed by atoms with Gasteiger partial charge in [0.05, 0.1) is 44.9 Å². The van der Waals surface area contributed by atoms with E-state index >= 15 is 0 Å². The van der Waals surface area contributed by atoms with Gasteiger partial charge in [0.25, 0.3) is 0 Å². The Bertz CT molecular complexity index is 2590. The number of fused-ring (bicyclic) bond motifs is 1. The lowest BCUT2D eigenvalue weighted by molar-refractivity contribution is -0.136. The minimum Gasteiger partial charge on any atom is -0.453 e. The Morgan fingerprint density at radius 1 is 0.682 bits per heavy atom. The van der Waals surface area contributed by atoms with Crippen LogP contribution in [0.15, 0.2) is 79.1 Å². The molecule has 6 amide bonds. The molecule has 0 bridgehead atoms. The number of ether oxygens (including phenoxy) is 2. The van der Waals surface area contributed by atoms with Crippen molar-refractivity contribution in [2.24, 2.45) is 11.8 Å². The highest BCUT2D eigenvalue weighted by molar-refractivity contribution is 6.31. The second-order valence-electron chi connectivity index (χ2n) is 17.6. The average molecular weight is 919 g/mol. The standard InChI is InChI=1S/C48H55ClN10O7/c1-27(2)40(54-46(62)65-5)44(60)58-20-8-11-38(58)42-50-21-36(52-42)31-16-12-29(13-17-31)30-14-18-32(19-15-30)37-22-51-43(53-37)39-25-57(26-59(39)45(61)41(28(3)4)55-47(63)66-6)48(64)56-23-33-9-7-10-35(49)34(33)24-56/h7,9-10,12-19,21-22,27-28,38-41H,8,11,20,23-26H2,1-6H3,(H,50,52)(H,51,53)(H,54,62)(H,55,63)/t38-,39-,40?,41-/m0/s1. The number of rotatable bonds is 11. The number of alkyl carbamates (subject to hydrolysis) is 2. The second-order valence-corrected chi connectivity index (χ2v) is 18.0. The van der Waals surface area contributed by atoms with E-state index in [4.69, 9.17) is 31.0 Å². The molecule has 3 aromatic carbocycles. The molecule has 5 aromatic rings. The number of hydrogen-bond acceptors (Lipinski definition) is 9. The molecule has 5 heterocycles. The summed E-state index contributed by atoms with van der Waals surface area (Å²) in [7, 11) is 2.53. The molecule has 2 saturated heterocycles. The summed E-state index contributed by atoms with van der Waals surface area (Å²) in [6, 6.07) is 19.1. The van der Waals surface area contributed by atoms with Crippen LogP contribution >= 0.6 is 11.6 Å². The highest BCUT2D eigenvalue weighted by atomic mass is 35.5. The van der Waals surface area contributed by atoms with Crippen molar-refractivity contribution in [1.82, 2.24) is 50.2 Å². The molecule has 2 fully saturated rings. The summed E-state index contributed by atoms with van der Waals surface area (Å²) in [5.74, 6) is 0.291. The van der Waals surface area contributed by atoms with Crippen molar-refractivity contribution < 1.29 is 33.4 Å². The molecule has 0 aliphatic carbocycles. The summed E-state index contributed by atoms with van der Waals surface area (Å²) >= 11 is 6.47. The number of nitrogens with zero attached hydrogens (tertiary/aromatic N) is 6. The van der Waals surface area contributed by atoms with E-state index in [1.807, 2.05) is 101 Å². The van der Waals surface area contributed by atoms with Crippen LogP contribution in [0, 0.1) is 11.8 Å². The van der Waals surface area contributed by atoms with Gasteiger partial charge < -0.3 is 49.7 Å². The van der Waals surface area contributed by atoms with E-state index in [9.17, 15) is 24.0 Å². The average Bonchev–Trinajstić information content (AvgIpc) is 4.18. The van der Waals surface area contributed by atoms with Crippen LogP contribution in [-0.2, 0) is 32.2 Å². The number of benzene rings is 3. The largest absolute Gasteiger partial charge is 0.453 e. The van der Waals surface area contributed by atoms with Gasteiger partial charge in [-0.25, -0.2) is 24.4 Å². The number of imidazole rings is 2. The van der Waals surface area contributed by atoms with Crippen LogP contribution in [0.25, 0.3) is 33.6 Å². The van der Waals surface area contributed by atoms with Gasteiger partial charge in [-0.15, -0.1) is 0 Å². The van der Waals surface area contributed by atoms with Crippen LogP contribution in [0.5, 0.6) is 0 Å². The molecule has 3 aliphatic heterocycles. The molecule has 3 aliphatic rings. The summed E-state index contributed by atoms with van der Waals surface area (Å²) in [5.41, 5.74) is 7.09. The smallest absolute Gasteiger partial charge is 0.407 e. The van der Waals surface area contributed by atoms with E-state index in [-0.39, 0.29) is 48.9 Å². The van der Waals surface area contributed by atoms with Crippen molar-refractivity contribution in [3.05, 3.63) is 107 Å². The molecule has 0 radical (unpaired) electrons. The minimum atomic E-state index is -0.903. The Labute approximate surface area is 388 Å². The summed E-state index contributed by atoms with van der Waals surface area (Å²) in [6.07, 6.45) is 3.87. The number of H-pyrrole nitrogens is 2. The number of hydrogen-bond donors (Lipinski definition) is 4. The highest BCUT2D eigenvalue weighted by Crippen LogP contribution is 2.36. The van der Waals surface area contributed by atoms with Crippen LogP contribution in [0.1, 0.15) is 75.4 Å². The third-order valence-corrected chi connectivity index (χ3v) is 13.0. The zero-order chi connectivity index (χ0) is 46.8. The first-order chi connectivity index (χ1) is 31.7. The molecule has 4 atom stereocenters. The third-order valence-electron chi connectivity index (χ3n) is 12.7. The first kappa shape index (κ1) is 45.7. The zero-order valence-electron chi connectivity index (χ0n) is 37.8. The van der Waals surface area contributed by atoms with Crippen LogP contribution in [0.4, 0.5) is 14.4 Å². The zero-order valence-corrected chi connectivity index (χ0v) is 38.6. The number of carbonyl (C=O) groups excluding carboxylic acids is 5. The Morgan fingerprint density at radius 2 is 1.20 bits per heavy atom. The number of carbonyl (C=O) groups is 5. The Balaban J connectivity index is 0.960. The summed E-state index contributed by atoms with van der Waals surface area (Å²) in [6.45, 7) is 8.98. The van der Waals surface area contributed by atoms with E-state index in [0.29, 0.717) is 42.0 Å². The number of likely N-dealkylation sites (tertiary alicyclic amines) is 1. The number of halogens is 1. The number of urea groups is 1. The summed E-state index contributed by atoms with van der Waals surface area (Å²) < 4.78 is 9.60. The normalized spacial score (nSPS) is 17.8. The molecule has 4 N–H and O–H groups in total. The predicted molar refractivity (Wildman–Crippen MR) is 246 cm³/mol. The van der Waals surface area contributed by atoms with Gasteiger partial charge in [0.2, 0.25) is 11.8 Å². The van der Waals surface area contributed by atoms with Crippen LogP contribution in [-0.4, -0.2) is 116 Å². The summed E-state index contributed by atoms with van der Waals surface area (Å²) in [4.78, 5) is 89.4. The monoisotopic (exact) mass is 918 g/mol. The van der Waals surface area contributed by atoms with E-state index in [1.54, 1.807) is 25.8 Å². The molecule has 0 spiro atoms. The van der Waals surface area contributed by atoms with Crippen molar-refractivity contribution in [2.75, 3.05) is 34.0 Å². The van der Waals surface area contributed by atoms with Gasteiger partial charge in [-0.1, -0.05) is 100.0 Å². The quantitative estimate of drug-likeness (QED) is 0.104. The predicted octanol–water partition coefficient (Wildman–Crippen LogP) is 7.49. The maximum absolute atomic E-state index is 14.3. The lowest BCUT2D eigenvalue weighted by Crippen LogP contribution is -2.52. The van der Waals surface area contributed by atoms with E-state index in [2.05, 4.69) is 20.6 Å². The van der Waals surface area contributed by atoms with Gasteiger partial charge >= 0.3 is 18.2 Å². The molecule has 18 heteroatoms. The molecule has 17 nitrogen and oxygen atoms in total. The van der Waals surface area contributed by atoms with Crippen LogP contribution in [0.2, 0.25) is 5.02 Å². The number of aromatic amines is 2. The topological polar surface area (TPSA) is 198 Å². The van der Waals surface area contributed by atoms with E-state index in [1.165, 1.54) is 14.2 Å². The molecular formula is C48H55ClN10O7. The number of nitrogens with one attached hydrogen (secondary N) is 4. The first-order valence-corrected chi connectivity index (χ1v) is 22.5. The first-order valence-electron chi connectivity index (χ1n) is 22.2. The minimum absolute atomic E-state index is 0.00354. The highest BCUT2D eigenvalue weighted by Gasteiger charge is 2.44. The van der Waals surface area contributed by atoms with Gasteiger partial charge in [-0.2, -0.15) is 0 Å². The van der Waals surface area contributed by atoms with Gasteiger partial charge in [-0.3, -0.25) is 9.59 Å². The maximum atomic E-state index is 14.3. The van der Waals surface area contributed by atoms with E-state index in [0.717, 1.165) is 51.9 Å². The fourth-order valence-electron chi connectivity index (χ4n) is 9.01. The molecule has 2 aromatic heterocycles. The molecule has 346 valence electrons. The molecular weight excluding hydrogens is 864 g/mol. The van der Waals surface area contributed by atoms with Crippen LogP contribution in [0.3, 0.4) is 0 Å².